The van der Waals surface area contributed by atoms with Crippen LogP contribution < -0.4 is 11.5 Å². The number of nitrogens with zero attached hydrogens (tertiary/aromatic N) is 1. The molecule has 1 heterocycles. The van der Waals surface area contributed by atoms with Crippen molar-refractivity contribution in [3.63, 3.8) is 0 Å². The normalized spacial score (nSPS) is 14.6. The summed E-state index contributed by atoms with van der Waals surface area (Å²) in [6.07, 6.45) is 2.59. The van der Waals surface area contributed by atoms with E-state index in [-0.39, 0.29) is 11.9 Å². The lowest BCUT2D eigenvalue weighted by molar-refractivity contribution is 0.628. The summed E-state index contributed by atoms with van der Waals surface area (Å²) in [4.78, 5) is 4.68. The van der Waals surface area contributed by atoms with Crippen molar-refractivity contribution in [2.45, 2.75) is 25.3 Å². The van der Waals surface area contributed by atoms with Crippen LogP contribution in [-0.4, -0.2) is 18.3 Å². The first-order valence-electron chi connectivity index (χ1n) is 7.59. The first-order chi connectivity index (χ1) is 10.7. The Morgan fingerprint density at radius 2 is 1.82 bits per heavy atom. The Hall–Kier alpha value is -2.04. The molecule has 4 N–H and O–H groups in total. The molecule has 0 amide bonds. The first-order valence-corrected chi connectivity index (χ1v) is 7.59. The van der Waals surface area contributed by atoms with Crippen LogP contribution >= 0.6 is 0 Å². The number of hydrogen-bond acceptors (Lipinski definition) is 3. The summed E-state index contributed by atoms with van der Waals surface area (Å²) in [6.45, 7) is 0.655. The van der Waals surface area contributed by atoms with Crippen LogP contribution in [0.3, 0.4) is 0 Å². The molecule has 1 aliphatic heterocycles. The van der Waals surface area contributed by atoms with Crippen LogP contribution in [0, 0.1) is 5.82 Å². The largest absolute Gasteiger partial charge is 0.330 e. The SMILES string of the molecule is NCCC[C@@H](N)C1=Nc2cc(-c3ccc(F)cc3)ccc2C1. The molecule has 0 aliphatic carbocycles. The molecule has 1 aliphatic rings. The Balaban J connectivity index is 1.83. The van der Waals surface area contributed by atoms with E-state index < -0.39 is 0 Å². The number of halogens is 1. The Kier molecular flexibility index (Phi) is 4.32. The minimum atomic E-state index is -0.226. The molecule has 0 saturated heterocycles. The van der Waals surface area contributed by atoms with Crippen LogP contribution in [0.15, 0.2) is 47.5 Å². The minimum Gasteiger partial charge on any atom is -0.330 e. The predicted molar refractivity (Wildman–Crippen MR) is 88.9 cm³/mol. The van der Waals surface area contributed by atoms with Gasteiger partial charge in [-0.15, -0.1) is 0 Å². The predicted octanol–water partition coefficient (Wildman–Crippen LogP) is 3.19. The molecule has 0 bridgehead atoms. The van der Waals surface area contributed by atoms with Gasteiger partial charge >= 0.3 is 0 Å². The van der Waals surface area contributed by atoms with Crippen LogP contribution in [0.5, 0.6) is 0 Å². The summed E-state index contributed by atoms with van der Waals surface area (Å²) in [5.41, 5.74) is 16.9. The average Bonchev–Trinajstić information content (AvgIpc) is 2.96. The third-order valence-electron chi connectivity index (χ3n) is 4.05. The van der Waals surface area contributed by atoms with Crippen molar-refractivity contribution in [2.24, 2.45) is 16.5 Å². The van der Waals surface area contributed by atoms with E-state index in [4.69, 9.17) is 11.5 Å². The zero-order valence-corrected chi connectivity index (χ0v) is 12.4. The second-order valence-electron chi connectivity index (χ2n) is 5.67. The zero-order valence-electron chi connectivity index (χ0n) is 12.4. The monoisotopic (exact) mass is 297 g/mol. The third kappa shape index (κ3) is 3.08. The van der Waals surface area contributed by atoms with Crippen molar-refractivity contribution in [1.29, 1.82) is 0 Å². The van der Waals surface area contributed by atoms with Gasteiger partial charge < -0.3 is 11.5 Å². The first kappa shape index (κ1) is 14.9. The summed E-state index contributed by atoms with van der Waals surface area (Å²) in [5.74, 6) is -0.226. The van der Waals surface area contributed by atoms with Crippen molar-refractivity contribution < 1.29 is 4.39 Å². The highest BCUT2D eigenvalue weighted by atomic mass is 19.1. The summed E-state index contributed by atoms with van der Waals surface area (Å²) in [7, 11) is 0. The molecule has 22 heavy (non-hydrogen) atoms. The van der Waals surface area contributed by atoms with Gasteiger partial charge in [-0.1, -0.05) is 24.3 Å². The van der Waals surface area contributed by atoms with Gasteiger partial charge in [0.05, 0.1) is 5.69 Å². The molecule has 0 spiro atoms. The highest BCUT2D eigenvalue weighted by Crippen LogP contribution is 2.32. The molecule has 0 saturated carbocycles. The molecule has 0 fully saturated rings. The van der Waals surface area contributed by atoms with Crippen LogP contribution in [-0.2, 0) is 6.42 Å². The second kappa shape index (κ2) is 6.38. The van der Waals surface area contributed by atoms with Gasteiger partial charge in [0.2, 0.25) is 0 Å². The van der Waals surface area contributed by atoms with E-state index >= 15 is 0 Å². The van der Waals surface area contributed by atoms with E-state index in [1.54, 1.807) is 12.1 Å². The highest BCUT2D eigenvalue weighted by Gasteiger charge is 2.20. The second-order valence-corrected chi connectivity index (χ2v) is 5.67. The van der Waals surface area contributed by atoms with Crippen molar-refractivity contribution in [2.75, 3.05) is 6.54 Å². The van der Waals surface area contributed by atoms with Gasteiger partial charge in [-0.3, -0.25) is 4.99 Å². The molecule has 0 unspecified atom stereocenters. The minimum absolute atomic E-state index is 0.0229. The van der Waals surface area contributed by atoms with Crippen LogP contribution in [0.1, 0.15) is 18.4 Å². The molecule has 3 rings (SSSR count). The number of benzene rings is 2. The van der Waals surface area contributed by atoms with E-state index in [0.717, 1.165) is 41.8 Å². The summed E-state index contributed by atoms with van der Waals surface area (Å²) < 4.78 is 13.0. The number of hydrogen-bond donors (Lipinski definition) is 2. The average molecular weight is 297 g/mol. The van der Waals surface area contributed by atoms with E-state index in [2.05, 4.69) is 17.1 Å². The molecular formula is C18H20FN3. The summed E-state index contributed by atoms with van der Waals surface area (Å²) in [6, 6.07) is 12.7. The fourth-order valence-electron chi connectivity index (χ4n) is 2.75. The molecule has 0 radical (unpaired) electrons. The number of aliphatic imine (C=N–C) groups is 1. The van der Waals surface area contributed by atoms with Gasteiger partial charge in [0.25, 0.3) is 0 Å². The van der Waals surface area contributed by atoms with Gasteiger partial charge in [0, 0.05) is 18.2 Å². The molecule has 3 nitrogen and oxygen atoms in total. The van der Waals surface area contributed by atoms with E-state index in [9.17, 15) is 4.39 Å². The van der Waals surface area contributed by atoms with E-state index in [0.29, 0.717) is 6.54 Å². The van der Waals surface area contributed by atoms with Crippen molar-refractivity contribution in [1.82, 2.24) is 0 Å². The van der Waals surface area contributed by atoms with Gasteiger partial charge in [-0.05, 0) is 54.3 Å². The lowest BCUT2D eigenvalue weighted by atomic mass is 9.99. The zero-order chi connectivity index (χ0) is 15.5. The van der Waals surface area contributed by atoms with Crippen molar-refractivity contribution >= 4 is 11.4 Å². The molecule has 114 valence electrons. The van der Waals surface area contributed by atoms with Gasteiger partial charge in [-0.2, -0.15) is 0 Å². The summed E-state index contributed by atoms with van der Waals surface area (Å²) in [5, 5.41) is 0. The summed E-state index contributed by atoms with van der Waals surface area (Å²) >= 11 is 0. The lowest BCUT2D eigenvalue weighted by Crippen LogP contribution is -2.31. The Morgan fingerprint density at radius 1 is 1.09 bits per heavy atom. The van der Waals surface area contributed by atoms with Gasteiger partial charge in [0.15, 0.2) is 0 Å². The van der Waals surface area contributed by atoms with Crippen LogP contribution in [0.4, 0.5) is 10.1 Å². The van der Waals surface area contributed by atoms with E-state index in [1.165, 1.54) is 17.7 Å². The smallest absolute Gasteiger partial charge is 0.123 e. The maximum absolute atomic E-state index is 13.0. The number of rotatable bonds is 5. The molecular weight excluding hydrogens is 277 g/mol. The number of nitrogens with two attached hydrogens (primary N) is 2. The fourth-order valence-corrected chi connectivity index (χ4v) is 2.75. The quantitative estimate of drug-likeness (QED) is 0.890. The van der Waals surface area contributed by atoms with Crippen LogP contribution in [0.2, 0.25) is 0 Å². The van der Waals surface area contributed by atoms with Crippen molar-refractivity contribution in [3.05, 3.63) is 53.8 Å². The fraction of sp³-hybridized carbons (Fsp3) is 0.278. The molecule has 1 atom stereocenters. The standard InChI is InChI=1S/C18H20FN3/c19-15-7-5-12(6-8-15)13-3-4-14-11-18(22-17(14)10-13)16(21)2-1-9-20/h3-8,10,16H,1-2,9,11,20-21H2/t16-/m1/s1. The van der Waals surface area contributed by atoms with Crippen molar-refractivity contribution in [3.8, 4) is 11.1 Å². The van der Waals surface area contributed by atoms with E-state index in [1.807, 2.05) is 6.07 Å². The maximum atomic E-state index is 13.0. The Labute approximate surface area is 129 Å². The molecule has 0 aromatic heterocycles. The highest BCUT2D eigenvalue weighted by molar-refractivity contribution is 5.98. The Bertz CT molecular complexity index is 692. The van der Waals surface area contributed by atoms with Gasteiger partial charge in [0.1, 0.15) is 5.82 Å². The van der Waals surface area contributed by atoms with Crippen LogP contribution in [0.25, 0.3) is 11.1 Å². The number of fused-ring (bicyclic) bond motifs is 1. The topological polar surface area (TPSA) is 64.4 Å². The molecule has 4 heteroatoms. The van der Waals surface area contributed by atoms with Gasteiger partial charge in [-0.25, -0.2) is 4.39 Å². The lowest BCUT2D eigenvalue weighted by Gasteiger charge is -2.09. The Morgan fingerprint density at radius 3 is 2.55 bits per heavy atom. The third-order valence-corrected chi connectivity index (χ3v) is 4.05. The molecule has 2 aromatic carbocycles. The molecule has 2 aromatic rings. The maximum Gasteiger partial charge on any atom is 0.123 e.